The van der Waals surface area contributed by atoms with Gasteiger partial charge in [0.2, 0.25) is 0 Å². The van der Waals surface area contributed by atoms with Crippen molar-refractivity contribution >= 4 is 21.8 Å². The van der Waals surface area contributed by atoms with Crippen molar-refractivity contribution in [1.29, 1.82) is 5.41 Å². The molecule has 3 N–H and O–H groups in total. The van der Waals surface area contributed by atoms with E-state index in [-0.39, 0.29) is 0 Å². The van der Waals surface area contributed by atoms with Crippen LogP contribution in [0.5, 0.6) is 0 Å². The summed E-state index contributed by atoms with van der Waals surface area (Å²) in [6.45, 7) is 2.56. The summed E-state index contributed by atoms with van der Waals surface area (Å²) in [6.07, 6.45) is 0. The Bertz CT molecular complexity index is 325. The lowest BCUT2D eigenvalue weighted by Gasteiger charge is -2.17. The van der Waals surface area contributed by atoms with Crippen molar-refractivity contribution in [2.45, 2.75) is 12.3 Å². The highest BCUT2D eigenvalue weighted by molar-refractivity contribution is 9.08. The summed E-state index contributed by atoms with van der Waals surface area (Å²) in [6, 6.07) is 7.80. The number of rotatable bonds is 3. The van der Waals surface area contributed by atoms with Crippen LogP contribution in [-0.2, 0) is 5.33 Å². The summed E-state index contributed by atoms with van der Waals surface area (Å²) in [4.78, 5) is 0. The summed E-state index contributed by atoms with van der Waals surface area (Å²) in [5.41, 5.74) is 2.00. The minimum Gasteiger partial charge on any atom is -0.295 e. The molecule has 76 valence electrons. The second-order valence-corrected chi connectivity index (χ2v) is 3.53. The van der Waals surface area contributed by atoms with E-state index in [4.69, 9.17) is 11.3 Å². The van der Waals surface area contributed by atoms with Gasteiger partial charge in [-0.15, -0.1) is 0 Å². The number of benzene rings is 1. The van der Waals surface area contributed by atoms with Gasteiger partial charge in [0.1, 0.15) is 5.84 Å². The zero-order valence-corrected chi connectivity index (χ0v) is 9.71. The number of halogens is 1. The SMILES string of the molecule is CCN(N)C(=N)c1cccc(CBr)c1. The van der Waals surface area contributed by atoms with Crippen LogP contribution < -0.4 is 5.84 Å². The molecule has 4 heteroatoms. The fraction of sp³-hybridized carbons (Fsp3) is 0.300. The molecule has 14 heavy (non-hydrogen) atoms. The summed E-state index contributed by atoms with van der Waals surface area (Å²) in [7, 11) is 0. The Hall–Kier alpha value is -0.870. The molecule has 0 aliphatic rings. The highest BCUT2D eigenvalue weighted by Crippen LogP contribution is 2.09. The van der Waals surface area contributed by atoms with Gasteiger partial charge in [-0.3, -0.25) is 10.4 Å². The van der Waals surface area contributed by atoms with Crippen molar-refractivity contribution in [2.75, 3.05) is 6.54 Å². The van der Waals surface area contributed by atoms with Gasteiger partial charge in [0.15, 0.2) is 0 Å². The number of hydrogen-bond acceptors (Lipinski definition) is 2. The van der Waals surface area contributed by atoms with Gasteiger partial charge in [0.25, 0.3) is 0 Å². The molecule has 1 rings (SSSR count). The molecule has 0 amide bonds. The number of amidine groups is 1. The molecule has 0 saturated carbocycles. The maximum Gasteiger partial charge on any atom is 0.142 e. The van der Waals surface area contributed by atoms with Gasteiger partial charge in [-0.05, 0) is 18.6 Å². The van der Waals surface area contributed by atoms with Gasteiger partial charge >= 0.3 is 0 Å². The first kappa shape index (κ1) is 11.2. The summed E-state index contributed by atoms with van der Waals surface area (Å²) < 4.78 is 0. The van der Waals surface area contributed by atoms with Crippen molar-refractivity contribution < 1.29 is 0 Å². The van der Waals surface area contributed by atoms with Crippen LogP contribution in [0.1, 0.15) is 18.1 Å². The van der Waals surface area contributed by atoms with Crippen LogP contribution in [0.15, 0.2) is 24.3 Å². The molecular weight excluding hydrogens is 242 g/mol. The van der Waals surface area contributed by atoms with E-state index in [1.807, 2.05) is 31.2 Å². The van der Waals surface area contributed by atoms with Crippen molar-refractivity contribution in [3.63, 3.8) is 0 Å². The maximum absolute atomic E-state index is 7.79. The molecule has 0 spiro atoms. The van der Waals surface area contributed by atoms with Gasteiger partial charge in [0.05, 0.1) is 0 Å². The zero-order valence-electron chi connectivity index (χ0n) is 8.13. The van der Waals surface area contributed by atoms with Crippen LogP contribution in [0, 0.1) is 5.41 Å². The predicted molar refractivity (Wildman–Crippen MR) is 62.5 cm³/mol. The molecule has 0 fully saturated rings. The normalized spacial score (nSPS) is 9.93. The van der Waals surface area contributed by atoms with E-state index in [9.17, 15) is 0 Å². The Balaban J connectivity index is 2.90. The Kier molecular flexibility index (Phi) is 4.10. The van der Waals surface area contributed by atoms with Crippen LogP contribution in [0.3, 0.4) is 0 Å². The second-order valence-electron chi connectivity index (χ2n) is 2.97. The molecule has 1 aromatic carbocycles. The van der Waals surface area contributed by atoms with Crippen LogP contribution in [0.2, 0.25) is 0 Å². The molecule has 1 aromatic rings. The largest absolute Gasteiger partial charge is 0.295 e. The summed E-state index contributed by atoms with van der Waals surface area (Å²) in [5, 5.41) is 10.0. The molecule has 0 aliphatic carbocycles. The van der Waals surface area contributed by atoms with Gasteiger partial charge in [0, 0.05) is 17.4 Å². The van der Waals surface area contributed by atoms with E-state index >= 15 is 0 Å². The highest BCUT2D eigenvalue weighted by Gasteiger charge is 2.05. The molecule has 0 radical (unpaired) electrons. The molecular formula is C10H14BrN3. The monoisotopic (exact) mass is 255 g/mol. The quantitative estimate of drug-likeness (QED) is 0.286. The number of hydrazine groups is 1. The van der Waals surface area contributed by atoms with Crippen LogP contribution in [0.4, 0.5) is 0 Å². The smallest absolute Gasteiger partial charge is 0.142 e. The molecule has 0 aliphatic heterocycles. The summed E-state index contributed by atoms with van der Waals surface area (Å²) in [5.74, 6) is 5.99. The Labute approximate surface area is 92.5 Å². The molecule has 3 nitrogen and oxygen atoms in total. The third kappa shape index (κ3) is 2.56. The second kappa shape index (κ2) is 5.12. The minimum atomic E-state index is 0.357. The van der Waals surface area contributed by atoms with E-state index in [0.29, 0.717) is 12.4 Å². The van der Waals surface area contributed by atoms with Crippen LogP contribution >= 0.6 is 15.9 Å². The number of nitrogens with two attached hydrogens (primary N) is 1. The van der Waals surface area contributed by atoms with Crippen molar-refractivity contribution in [3.05, 3.63) is 35.4 Å². The topological polar surface area (TPSA) is 53.1 Å². The third-order valence-electron chi connectivity index (χ3n) is 1.98. The maximum atomic E-state index is 7.79. The van der Waals surface area contributed by atoms with Crippen molar-refractivity contribution in [2.24, 2.45) is 5.84 Å². The molecule has 0 atom stereocenters. The van der Waals surface area contributed by atoms with Crippen molar-refractivity contribution in [1.82, 2.24) is 5.01 Å². The minimum absolute atomic E-state index is 0.357. The summed E-state index contributed by atoms with van der Waals surface area (Å²) >= 11 is 3.38. The van der Waals surface area contributed by atoms with Gasteiger partial charge in [-0.2, -0.15) is 0 Å². The van der Waals surface area contributed by atoms with Crippen LogP contribution in [0.25, 0.3) is 0 Å². The first-order chi connectivity index (χ1) is 6.69. The predicted octanol–water partition coefficient (Wildman–Crippen LogP) is 2.10. The lowest BCUT2D eigenvalue weighted by Crippen LogP contribution is -2.37. The van der Waals surface area contributed by atoms with Gasteiger partial charge < -0.3 is 0 Å². The lowest BCUT2D eigenvalue weighted by molar-refractivity contribution is 0.463. The zero-order chi connectivity index (χ0) is 10.6. The molecule has 0 bridgehead atoms. The molecule has 0 saturated heterocycles. The van der Waals surface area contributed by atoms with E-state index in [1.165, 1.54) is 5.01 Å². The first-order valence-electron chi connectivity index (χ1n) is 4.45. The number of hydrogen-bond donors (Lipinski definition) is 2. The highest BCUT2D eigenvalue weighted by atomic mass is 79.9. The van der Waals surface area contributed by atoms with Gasteiger partial charge in [-0.25, -0.2) is 5.84 Å². The molecule has 0 unspecified atom stereocenters. The third-order valence-corrected chi connectivity index (χ3v) is 2.63. The van der Waals surface area contributed by atoms with Crippen LogP contribution in [-0.4, -0.2) is 17.4 Å². The fourth-order valence-electron chi connectivity index (χ4n) is 1.13. The fourth-order valence-corrected chi connectivity index (χ4v) is 1.47. The Morgan fingerprint density at radius 3 is 2.86 bits per heavy atom. The number of nitrogens with zero attached hydrogens (tertiary/aromatic N) is 1. The van der Waals surface area contributed by atoms with Gasteiger partial charge in [-0.1, -0.05) is 34.1 Å². The van der Waals surface area contributed by atoms with E-state index in [0.717, 1.165) is 16.5 Å². The Morgan fingerprint density at radius 1 is 1.57 bits per heavy atom. The van der Waals surface area contributed by atoms with E-state index < -0.39 is 0 Å². The number of alkyl halides is 1. The molecule has 0 heterocycles. The Morgan fingerprint density at radius 2 is 2.29 bits per heavy atom. The lowest BCUT2D eigenvalue weighted by atomic mass is 10.1. The van der Waals surface area contributed by atoms with E-state index in [2.05, 4.69) is 15.9 Å². The van der Waals surface area contributed by atoms with E-state index in [1.54, 1.807) is 0 Å². The number of nitrogens with one attached hydrogen (secondary N) is 1. The average molecular weight is 256 g/mol. The standard InChI is InChI=1S/C10H14BrN3/c1-2-14(13)10(12)9-5-3-4-8(6-9)7-11/h3-6,12H,2,7,13H2,1H3. The first-order valence-corrected chi connectivity index (χ1v) is 5.57. The van der Waals surface area contributed by atoms with Crippen molar-refractivity contribution in [3.8, 4) is 0 Å². The average Bonchev–Trinajstić information content (AvgIpc) is 2.27. The molecule has 0 aromatic heterocycles.